The van der Waals surface area contributed by atoms with Gasteiger partial charge in [0.1, 0.15) is 0 Å². The zero-order valence-electron chi connectivity index (χ0n) is 10.7. The summed E-state index contributed by atoms with van der Waals surface area (Å²) in [5.41, 5.74) is 4.55. The van der Waals surface area contributed by atoms with Crippen molar-refractivity contribution in [3.05, 3.63) is 53.5 Å². The minimum atomic E-state index is -0.980. The van der Waals surface area contributed by atoms with E-state index >= 15 is 0 Å². The van der Waals surface area contributed by atoms with E-state index in [0.29, 0.717) is 0 Å². The smallest absolute Gasteiger partial charge is 0.415 e. The SMILES string of the molecule is O=C(O)N1C=Cc2c(n3c4c(cccc24)C=CC3)C=C1. The number of carbonyl (C=O) groups is 1. The molecule has 0 saturated carbocycles. The molecule has 0 saturated heterocycles. The number of rotatable bonds is 0. The van der Waals surface area contributed by atoms with Crippen molar-refractivity contribution in [1.29, 1.82) is 0 Å². The molecule has 3 heterocycles. The minimum absolute atomic E-state index is 0.814. The van der Waals surface area contributed by atoms with E-state index in [4.69, 9.17) is 5.11 Å². The molecule has 1 aromatic carbocycles. The van der Waals surface area contributed by atoms with E-state index in [1.54, 1.807) is 12.4 Å². The van der Waals surface area contributed by atoms with Crippen LogP contribution in [0.1, 0.15) is 16.8 Å². The lowest BCUT2D eigenvalue weighted by molar-refractivity contribution is 0.176. The molecule has 98 valence electrons. The van der Waals surface area contributed by atoms with Gasteiger partial charge in [-0.3, -0.25) is 4.90 Å². The van der Waals surface area contributed by atoms with Crippen LogP contribution in [-0.4, -0.2) is 20.7 Å². The van der Waals surface area contributed by atoms with E-state index in [9.17, 15) is 4.79 Å². The number of hydrogen-bond acceptors (Lipinski definition) is 1. The Bertz CT molecular complexity index is 825. The van der Waals surface area contributed by atoms with Gasteiger partial charge in [-0.1, -0.05) is 30.4 Å². The standard InChI is InChI=1S/C16H12N2O2/c19-16(20)17-9-6-12-13-5-1-3-11-4-2-8-18(15(11)13)14(12)7-10-17/h1-7,9-10H,8H2,(H,19,20). The van der Waals surface area contributed by atoms with Gasteiger partial charge in [-0.25, -0.2) is 4.79 Å². The molecule has 0 aliphatic carbocycles. The van der Waals surface area contributed by atoms with Gasteiger partial charge in [-0.2, -0.15) is 0 Å². The number of nitrogens with zero attached hydrogens (tertiary/aromatic N) is 2. The first-order chi connectivity index (χ1) is 9.75. The topological polar surface area (TPSA) is 45.5 Å². The van der Waals surface area contributed by atoms with Crippen molar-refractivity contribution in [1.82, 2.24) is 9.47 Å². The Hall–Kier alpha value is -2.75. The number of amides is 1. The van der Waals surface area contributed by atoms with Gasteiger partial charge in [0.2, 0.25) is 0 Å². The van der Waals surface area contributed by atoms with E-state index < -0.39 is 6.09 Å². The fraction of sp³-hybridized carbons (Fsp3) is 0.0625. The molecule has 1 amide bonds. The maximum atomic E-state index is 11.1. The summed E-state index contributed by atoms with van der Waals surface area (Å²) in [4.78, 5) is 12.2. The number of allylic oxidation sites excluding steroid dienone is 1. The zero-order valence-corrected chi connectivity index (χ0v) is 10.7. The molecule has 4 nitrogen and oxygen atoms in total. The summed E-state index contributed by atoms with van der Waals surface area (Å²) in [6.07, 6.45) is 10.2. The normalized spacial score (nSPS) is 15.5. The van der Waals surface area contributed by atoms with Crippen LogP contribution in [0.4, 0.5) is 4.79 Å². The van der Waals surface area contributed by atoms with E-state index in [1.165, 1.54) is 16.0 Å². The second-order valence-electron chi connectivity index (χ2n) is 4.88. The van der Waals surface area contributed by atoms with Crippen molar-refractivity contribution in [2.75, 3.05) is 0 Å². The molecule has 4 heteroatoms. The number of carboxylic acid groups (broad SMARTS) is 1. The maximum Gasteiger partial charge on any atom is 0.415 e. The van der Waals surface area contributed by atoms with Crippen LogP contribution in [-0.2, 0) is 6.54 Å². The molecule has 0 unspecified atom stereocenters. The molecule has 4 rings (SSSR count). The highest BCUT2D eigenvalue weighted by Gasteiger charge is 2.19. The minimum Gasteiger partial charge on any atom is -0.464 e. The van der Waals surface area contributed by atoms with Gasteiger partial charge in [0, 0.05) is 29.9 Å². The van der Waals surface area contributed by atoms with Crippen LogP contribution in [0.2, 0.25) is 0 Å². The first kappa shape index (κ1) is 11.1. The Morgan fingerprint density at radius 2 is 2.00 bits per heavy atom. The lowest BCUT2D eigenvalue weighted by Crippen LogP contribution is -2.16. The largest absolute Gasteiger partial charge is 0.464 e. The molecule has 0 radical (unpaired) electrons. The lowest BCUT2D eigenvalue weighted by Gasteiger charge is -2.12. The Morgan fingerprint density at radius 3 is 2.85 bits per heavy atom. The van der Waals surface area contributed by atoms with Crippen LogP contribution in [0.25, 0.3) is 29.1 Å². The molecule has 0 spiro atoms. The van der Waals surface area contributed by atoms with Crippen molar-refractivity contribution >= 4 is 35.2 Å². The molecular weight excluding hydrogens is 252 g/mol. The first-order valence-corrected chi connectivity index (χ1v) is 6.45. The third-order valence-corrected chi connectivity index (χ3v) is 3.80. The number of para-hydroxylation sites is 1. The predicted molar refractivity (Wildman–Crippen MR) is 78.9 cm³/mol. The summed E-state index contributed by atoms with van der Waals surface area (Å²) in [5, 5.41) is 10.2. The Balaban J connectivity index is 2.03. The highest BCUT2D eigenvalue weighted by molar-refractivity contribution is 5.99. The summed E-state index contributed by atoms with van der Waals surface area (Å²) in [5.74, 6) is 0. The fourth-order valence-corrected chi connectivity index (χ4v) is 2.93. The molecule has 2 aromatic rings. The molecule has 1 aromatic heterocycles. The summed E-state index contributed by atoms with van der Waals surface area (Å²) in [6.45, 7) is 0.814. The van der Waals surface area contributed by atoms with E-state index in [2.05, 4.69) is 28.9 Å². The number of benzene rings is 1. The average molecular weight is 264 g/mol. The second-order valence-corrected chi connectivity index (χ2v) is 4.88. The van der Waals surface area contributed by atoms with Gasteiger partial charge in [-0.15, -0.1) is 0 Å². The van der Waals surface area contributed by atoms with Gasteiger partial charge in [-0.05, 0) is 17.7 Å². The van der Waals surface area contributed by atoms with Gasteiger partial charge < -0.3 is 9.67 Å². The quantitative estimate of drug-likeness (QED) is 0.790. The monoisotopic (exact) mass is 264 g/mol. The van der Waals surface area contributed by atoms with Crippen molar-refractivity contribution in [2.45, 2.75) is 6.54 Å². The average Bonchev–Trinajstić information content (AvgIpc) is 2.63. The Morgan fingerprint density at radius 1 is 1.15 bits per heavy atom. The van der Waals surface area contributed by atoms with Crippen LogP contribution >= 0.6 is 0 Å². The Labute approximate surface area is 115 Å². The van der Waals surface area contributed by atoms with Crippen molar-refractivity contribution in [3.63, 3.8) is 0 Å². The molecule has 2 aliphatic rings. The predicted octanol–water partition coefficient (Wildman–Crippen LogP) is 3.60. The Kier molecular flexibility index (Phi) is 2.15. The molecule has 0 bridgehead atoms. The van der Waals surface area contributed by atoms with Crippen LogP contribution in [0.5, 0.6) is 0 Å². The highest BCUT2D eigenvalue weighted by atomic mass is 16.4. The van der Waals surface area contributed by atoms with Crippen molar-refractivity contribution in [3.8, 4) is 0 Å². The van der Waals surface area contributed by atoms with Gasteiger partial charge in [0.15, 0.2) is 0 Å². The van der Waals surface area contributed by atoms with E-state index in [1.807, 2.05) is 18.2 Å². The third kappa shape index (κ3) is 1.39. The molecule has 20 heavy (non-hydrogen) atoms. The molecular formula is C16H12N2O2. The highest BCUT2D eigenvalue weighted by Crippen LogP contribution is 2.34. The summed E-state index contributed by atoms with van der Waals surface area (Å²) in [6, 6.07) is 6.22. The fourth-order valence-electron chi connectivity index (χ4n) is 2.93. The van der Waals surface area contributed by atoms with Crippen LogP contribution in [0.3, 0.4) is 0 Å². The van der Waals surface area contributed by atoms with Crippen molar-refractivity contribution < 1.29 is 9.90 Å². The van der Waals surface area contributed by atoms with Crippen molar-refractivity contribution in [2.24, 2.45) is 0 Å². The van der Waals surface area contributed by atoms with Gasteiger partial charge >= 0.3 is 6.09 Å². The van der Waals surface area contributed by atoms with Crippen LogP contribution in [0, 0.1) is 0 Å². The van der Waals surface area contributed by atoms with E-state index in [-0.39, 0.29) is 0 Å². The van der Waals surface area contributed by atoms with Gasteiger partial charge in [0.05, 0.1) is 11.2 Å². The first-order valence-electron chi connectivity index (χ1n) is 6.45. The van der Waals surface area contributed by atoms with E-state index in [0.717, 1.165) is 23.2 Å². The molecule has 0 fully saturated rings. The van der Waals surface area contributed by atoms with Gasteiger partial charge in [0.25, 0.3) is 0 Å². The summed E-state index contributed by atoms with van der Waals surface area (Å²) >= 11 is 0. The summed E-state index contributed by atoms with van der Waals surface area (Å²) < 4.78 is 2.23. The zero-order chi connectivity index (χ0) is 13.7. The van der Waals surface area contributed by atoms with Crippen LogP contribution < -0.4 is 0 Å². The van der Waals surface area contributed by atoms with Crippen LogP contribution in [0.15, 0.2) is 36.7 Å². The summed E-state index contributed by atoms with van der Waals surface area (Å²) in [7, 11) is 0. The maximum absolute atomic E-state index is 11.1. The number of aromatic nitrogens is 1. The molecule has 2 aliphatic heterocycles. The molecule has 1 N–H and O–H groups in total. The lowest BCUT2D eigenvalue weighted by atomic mass is 10.1. The second kappa shape index (κ2) is 3.87. The number of fused-ring (bicyclic) bond motifs is 3. The third-order valence-electron chi connectivity index (χ3n) is 3.80. The number of hydrogen-bond donors (Lipinski definition) is 1. The molecule has 0 atom stereocenters.